The normalized spacial score (nSPS) is 19.2. The average Bonchev–Trinajstić information content (AvgIpc) is 2.11. The second kappa shape index (κ2) is 3.77. The van der Waals surface area contributed by atoms with Crippen LogP contribution in [0.4, 0.5) is 20.3 Å². The number of anilines is 2. The van der Waals surface area contributed by atoms with Gasteiger partial charge in [0.25, 0.3) is 5.92 Å². The number of alkyl halides is 2. The Kier molecular flexibility index (Phi) is 2.70. The molecule has 1 saturated carbocycles. The minimum absolute atomic E-state index is 0.129. The molecule has 0 bridgehead atoms. The van der Waals surface area contributed by atoms with E-state index in [1.807, 2.05) is 0 Å². The minimum Gasteiger partial charge on any atom is -0.396 e. The fraction of sp³-hybridized carbons (Fsp3) is 0.444. The molecule has 0 spiro atoms. The van der Waals surface area contributed by atoms with Crippen molar-refractivity contribution in [2.45, 2.75) is 24.8 Å². The van der Waals surface area contributed by atoms with Crippen LogP contribution in [0.15, 0.2) is 6.07 Å². The van der Waals surface area contributed by atoms with Gasteiger partial charge in [-0.05, 0) is 6.07 Å². The first-order valence-electron chi connectivity index (χ1n) is 4.73. The molecule has 0 atom stereocenters. The van der Waals surface area contributed by atoms with Gasteiger partial charge in [0, 0.05) is 24.5 Å². The Balaban J connectivity index is 2.08. The molecule has 7 heteroatoms. The topological polar surface area (TPSA) is 50.9 Å². The zero-order chi connectivity index (χ0) is 11.9. The number of hydrogen-bond acceptors (Lipinski definition) is 3. The van der Waals surface area contributed by atoms with Crippen LogP contribution >= 0.6 is 11.6 Å². The van der Waals surface area contributed by atoms with Crippen LogP contribution in [-0.4, -0.2) is 24.8 Å². The Morgan fingerprint density at radius 3 is 2.75 bits per heavy atom. The summed E-state index contributed by atoms with van der Waals surface area (Å²) >= 11 is 5.70. The van der Waals surface area contributed by atoms with E-state index in [9.17, 15) is 8.78 Å². The number of halogens is 3. The van der Waals surface area contributed by atoms with Crippen molar-refractivity contribution in [2.24, 2.45) is 0 Å². The van der Waals surface area contributed by atoms with Crippen LogP contribution in [0.3, 0.4) is 0 Å². The number of nitrogens with two attached hydrogens (primary N) is 1. The molecule has 3 N–H and O–H groups in total. The zero-order valence-electron chi connectivity index (χ0n) is 8.30. The van der Waals surface area contributed by atoms with Crippen molar-refractivity contribution in [2.75, 3.05) is 11.1 Å². The van der Waals surface area contributed by atoms with Crippen LogP contribution in [-0.2, 0) is 0 Å². The van der Waals surface area contributed by atoms with E-state index in [1.54, 1.807) is 0 Å². The van der Waals surface area contributed by atoms with E-state index in [0.717, 1.165) is 0 Å². The molecule has 1 heterocycles. The Morgan fingerprint density at radius 1 is 1.56 bits per heavy atom. The first kappa shape index (κ1) is 11.5. The highest BCUT2D eigenvalue weighted by atomic mass is 35.5. The van der Waals surface area contributed by atoms with E-state index in [4.69, 9.17) is 25.2 Å². The molecule has 2 rings (SSSR count). The Labute approximate surface area is 97.8 Å². The molecule has 2 radical (unpaired) electrons. The van der Waals surface area contributed by atoms with Gasteiger partial charge in [0.05, 0.1) is 10.7 Å². The van der Waals surface area contributed by atoms with Gasteiger partial charge in [-0.15, -0.1) is 0 Å². The molecule has 1 aliphatic rings. The highest BCUT2D eigenvalue weighted by Crippen LogP contribution is 2.39. The van der Waals surface area contributed by atoms with E-state index >= 15 is 0 Å². The van der Waals surface area contributed by atoms with E-state index in [-0.39, 0.29) is 29.5 Å². The van der Waals surface area contributed by atoms with Gasteiger partial charge >= 0.3 is 0 Å². The van der Waals surface area contributed by atoms with Crippen LogP contribution < -0.4 is 16.6 Å². The summed E-state index contributed by atoms with van der Waals surface area (Å²) < 4.78 is 25.2. The molecule has 1 aromatic rings. The van der Waals surface area contributed by atoms with Crippen molar-refractivity contribution in [1.82, 2.24) is 4.98 Å². The number of pyridine rings is 1. The van der Waals surface area contributed by atoms with Crippen molar-refractivity contribution >= 4 is 36.5 Å². The van der Waals surface area contributed by atoms with Crippen LogP contribution in [0.2, 0.25) is 5.02 Å². The number of aromatic nitrogens is 1. The van der Waals surface area contributed by atoms with Gasteiger partial charge in [-0.2, -0.15) is 0 Å². The number of hydrogen-bond donors (Lipinski definition) is 2. The third-order valence-electron chi connectivity index (χ3n) is 2.46. The lowest BCUT2D eigenvalue weighted by atomic mass is 9.88. The maximum absolute atomic E-state index is 12.6. The Morgan fingerprint density at radius 2 is 2.19 bits per heavy atom. The molecule has 84 valence electrons. The van der Waals surface area contributed by atoms with Crippen molar-refractivity contribution < 1.29 is 8.78 Å². The number of nitrogens with one attached hydrogen (secondary N) is 1. The predicted molar refractivity (Wildman–Crippen MR) is 60.6 cm³/mol. The molecule has 0 saturated heterocycles. The molecule has 0 unspecified atom stereocenters. The molecule has 0 aromatic carbocycles. The second-order valence-electron chi connectivity index (χ2n) is 3.90. The standard InChI is InChI=1S/C9H9BClF2N3/c10-7-5(11)1-6(14)8(16-7)15-4-2-9(12,13)3-4/h1,4H,2-3,14H2,(H,15,16). The first-order valence-corrected chi connectivity index (χ1v) is 5.11. The fourth-order valence-corrected chi connectivity index (χ4v) is 1.75. The summed E-state index contributed by atoms with van der Waals surface area (Å²) in [6, 6.07) is 1.13. The van der Waals surface area contributed by atoms with Crippen molar-refractivity contribution in [1.29, 1.82) is 0 Å². The SMILES string of the molecule is [B]c1nc(NC2CC(F)(F)C2)c(N)cc1Cl. The maximum Gasteiger partial charge on any atom is 0.252 e. The predicted octanol–water partition coefficient (Wildman–Crippen LogP) is 1.32. The highest BCUT2D eigenvalue weighted by Gasteiger charge is 2.45. The van der Waals surface area contributed by atoms with E-state index in [1.165, 1.54) is 6.07 Å². The minimum atomic E-state index is -2.58. The lowest BCUT2D eigenvalue weighted by Crippen LogP contribution is -2.44. The molecule has 16 heavy (non-hydrogen) atoms. The highest BCUT2D eigenvalue weighted by molar-refractivity contribution is 6.44. The van der Waals surface area contributed by atoms with E-state index < -0.39 is 5.92 Å². The van der Waals surface area contributed by atoms with Gasteiger partial charge in [0.1, 0.15) is 13.7 Å². The zero-order valence-corrected chi connectivity index (χ0v) is 9.06. The van der Waals surface area contributed by atoms with Crippen LogP contribution in [0.1, 0.15) is 12.8 Å². The molecular formula is C9H9BClF2N3. The third kappa shape index (κ3) is 2.21. The van der Waals surface area contributed by atoms with Crippen LogP contribution in [0.5, 0.6) is 0 Å². The summed E-state index contributed by atoms with van der Waals surface area (Å²) in [5.41, 5.74) is 6.06. The quantitative estimate of drug-likeness (QED) is 0.770. The van der Waals surface area contributed by atoms with Crippen LogP contribution in [0.25, 0.3) is 0 Å². The summed E-state index contributed by atoms with van der Waals surface area (Å²) in [7, 11) is 5.49. The molecular weight excluding hydrogens is 234 g/mol. The molecule has 1 fully saturated rings. The maximum atomic E-state index is 12.6. The number of nitrogen functional groups attached to an aromatic ring is 1. The molecule has 1 aliphatic carbocycles. The van der Waals surface area contributed by atoms with Gasteiger partial charge < -0.3 is 11.1 Å². The van der Waals surface area contributed by atoms with Gasteiger partial charge in [0.2, 0.25) is 0 Å². The first-order chi connectivity index (χ1) is 7.37. The lowest BCUT2D eigenvalue weighted by Gasteiger charge is -2.35. The van der Waals surface area contributed by atoms with Gasteiger partial charge in [-0.3, -0.25) is 0 Å². The summed E-state index contributed by atoms with van der Waals surface area (Å²) in [4.78, 5) is 3.91. The Bertz CT molecular complexity index is 419. The largest absolute Gasteiger partial charge is 0.396 e. The van der Waals surface area contributed by atoms with Gasteiger partial charge in [-0.25, -0.2) is 13.8 Å². The van der Waals surface area contributed by atoms with Crippen molar-refractivity contribution in [3.05, 3.63) is 11.1 Å². The van der Waals surface area contributed by atoms with Crippen molar-refractivity contribution in [3.63, 3.8) is 0 Å². The summed E-state index contributed by atoms with van der Waals surface area (Å²) in [5.74, 6) is -2.27. The third-order valence-corrected chi connectivity index (χ3v) is 2.77. The Hall–Kier alpha value is -1.04. The van der Waals surface area contributed by atoms with Gasteiger partial charge in [0.15, 0.2) is 0 Å². The van der Waals surface area contributed by atoms with Gasteiger partial charge in [-0.1, -0.05) is 11.6 Å². The number of rotatable bonds is 2. The summed E-state index contributed by atoms with van der Waals surface area (Å²) in [5, 5.41) is 3.07. The smallest absolute Gasteiger partial charge is 0.252 e. The molecule has 1 aromatic heterocycles. The van der Waals surface area contributed by atoms with E-state index in [0.29, 0.717) is 11.5 Å². The van der Waals surface area contributed by atoms with Crippen LogP contribution in [0, 0.1) is 0 Å². The lowest BCUT2D eigenvalue weighted by molar-refractivity contribution is -0.0793. The van der Waals surface area contributed by atoms with E-state index in [2.05, 4.69) is 10.3 Å². The molecule has 0 amide bonds. The molecule has 3 nitrogen and oxygen atoms in total. The summed E-state index contributed by atoms with van der Waals surface area (Å²) in [6.45, 7) is 0. The van der Waals surface area contributed by atoms with Crippen molar-refractivity contribution in [3.8, 4) is 0 Å². The summed E-state index contributed by atoms with van der Waals surface area (Å²) in [6.07, 6.45) is -0.423. The molecule has 0 aliphatic heterocycles. The fourth-order valence-electron chi connectivity index (χ4n) is 1.59. The second-order valence-corrected chi connectivity index (χ2v) is 4.31. The number of nitrogens with zero attached hydrogens (tertiary/aromatic N) is 1. The average molecular weight is 243 g/mol. The monoisotopic (exact) mass is 243 g/mol.